The summed E-state index contributed by atoms with van der Waals surface area (Å²) in [5, 5.41) is 0.119. The van der Waals surface area contributed by atoms with E-state index in [1.807, 2.05) is 19.1 Å². The van der Waals surface area contributed by atoms with Crippen molar-refractivity contribution >= 4 is 28.6 Å². The van der Waals surface area contributed by atoms with Crippen LogP contribution < -0.4 is 4.90 Å². The molecule has 2 heterocycles. The standard InChI is InChI=1S/C13H16N2O2S/c1-3-10-5-4-6-14-13(10)15-8-11(7-12(15)17)18-9(2)16/h4-6,11H,3,7-8H2,1-2H3. The molecule has 1 saturated heterocycles. The molecule has 1 unspecified atom stereocenters. The zero-order valence-corrected chi connectivity index (χ0v) is 11.4. The highest BCUT2D eigenvalue weighted by Crippen LogP contribution is 2.29. The maximum Gasteiger partial charge on any atom is 0.229 e. The summed E-state index contributed by atoms with van der Waals surface area (Å²) in [5.74, 6) is 0.804. The van der Waals surface area contributed by atoms with Crippen molar-refractivity contribution in [1.82, 2.24) is 4.98 Å². The summed E-state index contributed by atoms with van der Waals surface area (Å²) >= 11 is 1.25. The minimum atomic E-state index is 0.0571. The van der Waals surface area contributed by atoms with E-state index in [-0.39, 0.29) is 16.3 Å². The Labute approximate surface area is 111 Å². The van der Waals surface area contributed by atoms with Crippen LogP contribution in [-0.4, -0.2) is 27.8 Å². The van der Waals surface area contributed by atoms with Crippen molar-refractivity contribution in [2.45, 2.75) is 31.9 Å². The SMILES string of the molecule is CCc1cccnc1N1CC(SC(C)=O)CC1=O. The topological polar surface area (TPSA) is 50.3 Å². The predicted octanol–water partition coefficient (Wildman–Crippen LogP) is 2.03. The molecule has 0 bridgehead atoms. The molecule has 2 rings (SSSR count). The summed E-state index contributed by atoms with van der Waals surface area (Å²) in [6.45, 7) is 4.16. The molecule has 1 fully saturated rings. The lowest BCUT2D eigenvalue weighted by Crippen LogP contribution is -2.27. The maximum atomic E-state index is 12.0. The average Bonchev–Trinajstić information content (AvgIpc) is 2.69. The lowest BCUT2D eigenvalue weighted by atomic mass is 10.2. The molecule has 18 heavy (non-hydrogen) atoms. The molecular weight excluding hydrogens is 248 g/mol. The van der Waals surface area contributed by atoms with Gasteiger partial charge in [-0.3, -0.25) is 14.5 Å². The van der Waals surface area contributed by atoms with Crippen LogP contribution in [0, 0.1) is 0 Å². The molecular formula is C13H16N2O2S. The number of carbonyl (C=O) groups is 2. The number of carbonyl (C=O) groups excluding carboxylic acids is 2. The summed E-state index contributed by atoms with van der Waals surface area (Å²) in [6.07, 6.45) is 2.97. The number of rotatable bonds is 3. The summed E-state index contributed by atoms with van der Waals surface area (Å²) in [6, 6.07) is 3.87. The second kappa shape index (κ2) is 5.52. The zero-order valence-electron chi connectivity index (χ0n) is 10.5. The first-order valence-electron chi connectivity index (χ1n) is 6.03. The van der Waals surface area contributed by atoms with Crippen LogP contribution in [0.5, 0.6) is 0 Å². The van der Waals surface area contributed by atoms with Crippen LogP contribution in [0.15, 0.2) is 18.3 Å². The Morgan fingerprint density at radius 1 is 1.61 bits per heavy atom. The van der Waals surface area contributed by atoms with Crippen LogP contribution in [0.25, 0.3) is 0 Å². The maximum absolute atomic E-state index is 12.0. The first-order valence-corrected chi connectivity index (χ1v) is 6.91. The Kier molecular flexibility index (Phi) is 4.01. The predicted molar refractivity (Wildman–Crippen MR) is 72.6 cm³/mol. The minimum absolute atomic E-state index is 0.0571. The van der Waals surface area contributed by atoms with Crippen molar-refractivity contribution in [2.75, 3.05) is 11.4 Å². The van der Waals surface area contributed by atoms with E-state index in [9.17, 15) is 9.59 Å². The van der Waals surface area contributed by atoms with Gasteiger partial charge in [0, 0.05) is 31.3 Å². The van der Waals surface area contributed by atoms with Crippen molar-refractivity contribution in [3.63, 3.8) is 0 Å². The van der Waals surface area contributed by atoms with E-state index in [2.05, 4.69) is 4.98 Å². The van der Waals surface area contributed by atoms with Crippen LogP contribution in [0.2, 0.25) is 0 Å². The van der Waals surface area contributed by atoms with E-state index in [4.69, 9.17) is 0 Å². The Morgan fingerprint density at radius 3 is 3.06 bits per heavy atom. The third kappa shape index (κ3) is 2.72. The van der Waals surface area contributed by atoms with Gasteiger partial charge in [0.15, 0.2) is 5.12 Å². The van der Waals surface area contributed by atoms with Gasteiger partial charge in [-0.1, -0.05) is 24.8 Å². The van der Waals surface area contributed by atoms with Gasteiger partial charge in [-0.05, 0) is 18.1 Å². The van der Waals surface area contributed by atoms with Gasteiger partial charge in [0.25, 0.3) is 0 Å². The highest BCUT2D eigenvalue weighted by Gasteiger charge is 2.33. The van der Waals surface area contributed by atoms with Gasteiger partial charge in [-0.25, -0.2) is 4.98 Å². The number of pyridine rings is 1. The number of nitrogens with zero attached hydrogens (tertiary/aromatic N) is 2. The molecule has 1 aromatic heterocycles. The number of aromatic nitrogens is 1. The van der Waals surface area contributed by atoms with E-state index < -0.39 is 0 Å². The first kappa shape index (κ1) is 13.1. The largest absolute Gasteiger partial charge is 0.295 e. The number of hydrogen-bond donors (Lipinski definition) is 0. The summed E-state index contributed by atoms with van der Waals surface area (Å²) in [4.78, 5) is 29.1. The molecule has 96 valence electrons. The van der Waals surface area contributed by atoms with Gasteiger partial charge in [-0.2, -0.15) is 0 Å². The van der Waals surface area contributed by atoms with Crippen LogP contribution in [0.1, 0.15) is 25.8 Å². The normalized spacial score (nSPS) is 19.3. The number of aryl methyl sites for hydroxylation is 1. The Morgan fingerprint density at radius 2 is 2.39 bits per heavy atom. The lowest BCUT2D eigenvalue weighted by Gasteiger charge is -2.18. The molecule has 1 aliphatic rings. The van der Waals surface area contributed by atoms with Gasteiger partial charge in [-0.15, -0.1) is 0 Å². The first-order chi connectivity index (χ1) is 8.61. The van der Waals surface area contributed by atoms with Crippen molar-refractivity contribution in [1.29, 1.82) is 0 Å². The third-order valence-corrected chi connectivity index (χ3v) is 3.91. The molecule has 1 amide bonds. The number of hydrogen-bond acceptors (Lipinski definition) is 4. The molecule has 0 radical (unpaired) electrons. The van der Waals surface area contributed by atoms with E-state index >= 15 is 0 Å². The number of amides is 1. The number of anilines is 1. The molecule has 5 heteroatoms. The van der Waals surface area contributed by atoms with Crippen molar-refractivity contribution in [3.8, 4) is 0 Å². The summed E-state index contributed by atoms with van der Waals surface area (Å²) in [7, 11) is 0. The van der Waals surface area contributed by atoms with Crippen LogP contribution in [0.3, 0.4) is 0 Å². The van der Waals surface area contributed by atoms with Gasteiger partial charge in [0.2, 0.25) is 5.91 Å². The Bertz CT molecular complexity index is 476. The average molecular weight is 264 g/mol. The molecule has 1 atom stereocenters. The van der Waals surface area contributed by atoms with Gasteiger partial charge < -0.3 is 0 Å². The second-order valence-electron chi connectivity index (χ2n) is 4.28. The number of thioether (sulfide) groups is 1. The Balaban J connectivity index is 2.19. The molecule has 1 aliphatic heterocycles. The fourth-order valence-corrected chi connectivity index (χ4v) is 3.06. The highest BCUT2D eigenvalue weighted by atomic mass is 32.2. The van der Waals surface area contributed by atoms with Crippen molar-refractivity contribution in [3.05, 3.63) is 23.9 Å². The van der Waals surface area contributed by atoms with Crippen molar-refractivity contribution < 1.29 is 9.59 Å². The quantitative estimate of drug-likeness (QED) is 0.838. The smallest absolute Gasteiger partial charge is 0.229 e. The summed E-state index contributed by atoms with van der Waals surface area (Å²) in [5.41, 5.74) is 1.07. The molecule has 1 aromatic rings. The molecule has 0 N–H and O–H groups in total. The fourth-order valence-electron chi connectivity index (χ4n) is 2.14. The van der Waals surface area contributed by atoms with Gasteiger partial charge in [0.05, 0.1) is 0 Å². The van der Waals surface area contributed by atoms with Crippen LogP contribution in [0.4, 0.5) is 5.82 Å². The van der Waals surface area contributed by atoms with Gasteiger partial charge >= 0.3 is 0 Å². The fraction of sp³-hybridized carbons (Fsp3) is 0.462. The van der Waals surface area contributed by atoms with E-state index in [1.165, 1.54) is 18.7 Å². The molecule has 0 aromatic carbocycles. The zero-order chi connectivity index (χ0) is 13.1. The van der Waals surface area contributed by atoms with Gasteiger partial charge in [0.1, 0.15) is 5.82 Å². The minimum Gasteiger partial charge on any atom is -0.295 e. The van der Waals surface area contributed by atoms with E-state index in [1.54, 1.807) is 11.1 Å². The highest BCUT2D eigenvalue weighted by molar-refractivity contribution is 8.14. The molecule has 4 nitrogen and oxygen atoms in total. The third-order valence-electron chi connectivity index (χ3n) is 2.93. The van der Waals surface area contributed by atoms with E-state index in [0.29, 0.717) is 13.0 Å². The van der Waals surface area contributed by atoms with Crippen LogP contribution >= 0.6 is 11.8 Å². The molecule has 0 aliphatic carbocycles. The van der Waals surface area contributed by atoms with Crippen LogP contribution in [-0.2, 0) is 16.0 Å². The molecule has 0 spiro atoms. The lowest BCUT2D eigenvalue weighted by molar-refractivity contribution is -0.117. The van der Waals surface area contributed by atoms with Crippen molar-refractivity contribution in [2.24, 2.45) is 0 Å². The summed E-state index contributed by atoms with van der Waals surface area (Å²) < 4.78 is 0. The second-order valence-corrected chi connectivity index (χ2v) is 5.76. The van der Waals surface area contributed by atoms with E-state index in [0.717, 1.165) is 17.8 Å². The monoisotopic (exact) mass is 264 g/mol. The molecule has 0 saturated carbocycles. The Hall–Kier alpha value is -1.36.